The summed E-state index contributed by atoms with van der Waals surface area (Å²) < 4.78 is 24.0. The molecule has 0 bridgehead atoms. The summed E-state index contributed by atoms with van der Waals surface area (Å²) in [4.78, 5) is 24.5. The van der Waals surface area contributed by atoms with Gasteiger partial charge in [-0.05, 0) is 42.0 Å². The van der Waals surface area contributed by atoms with Gasteiger partial charge in [0.05, 0.1) is 12.7 Å². The Labute approximate surface area is 180 Å². The number of amides is 2. The molecule has 160 valence electrons. The summed E-state index contributed by atoms with van der Waals surface area (Å²) in [6.07, 6.45) is 0.116. The molecule has 2 N–H and O–H groups in total. The Morgan fingerprint density at radius 2 is 1.77 bits per heavy atom. The molecule has 0 aliphatic rings. The maximum atomic E-state index is 13.2. The SMILES string of the molecule is COc1ccccc1C(=O)NCCC(=O)Nc1cccc(COc2cccc(F)c2)c1. The van der Waals surface area contributed by atoms with Crippen LogP contribution in [-0.2, 0) is 11.4 Å². The molecule has 2 amide bonds. The quantitative estimate of drug-likeness (QED) is 0.543. The van der Waals surface area contributed by atoms with E-state index in [1.54, 1.807) is 54.6 Å². The van der Waals surface area contributed by atoms with Gasteiger partial charge in [0.25, 0.3) is 5.91 Å². The topological polar surface area (TPSA) is 76.7 Å². The third kappa shape index (κ3) is 6.57. The highest BCUT2D eigenvalue weighted by molar-refractivity contribution is 5.97. The predicted octanol–water partition coefficient (Wildman–Crippen LogP) is 4.17. The van der Waals surface area contributed by atoms with Gasteiger partial charge in [-0.1, -0.05) is 30.3 Å². The summed E-state index contributed by atoms with van der Waals surface area (Å²) in [7, 11) is 1.50. The Morgan fingerprint density at radius 3 is 2.58 bits per heavy atom. The van der Waals surface area contributed by atoms with Gasteiger partial charge in [-0.25, -0.2) is 4.39 Å². The Hall–Kier alpha value is -3.87. The van der Waals surface area contributed by atoms with E-state index in [0.29, 0.717) is 22.7 Å². The van der Waals surface area contributed by atoms with E-state index in [-0.39, 0.29) is 37.2 Å². The van der Waals surface area contributed by atoms with Gasteiger partial charge in [0, 0.05) is 24.7 Å². The van der Waals surface area contributed by atoms with Crippen molar-refractivity contribution in [2.24, 2.45) is 0 Å². The van der Waals surface area contributed by atoms with Crippen LogP contribution in [-0.4, -0.2) is 25.5 Å². The molecule has 6 nitrogen and oxygen atoms in total. The number of para-hydroxylation sites is 1. The van der Waals surface area contributed by atoms with E-state index in [1.807, 2.05) is 6.07 Å². The highest BCUT2D eigenvalue weighted by Crippen LogP contribution is 2.18. The molecule has 0 unspecified atom stereocenters. The molecule has 0 saturated carbocycles. The zero-order chi connectivity index (χ0) is 22.1. The number of carbonyl (C=O) groups is 2. The van der Waals surface area contributed by atoms with Crippen molar-refractivity contribution in [1.29, 1.82) is 0 Å². The van der Waals surface area contributed by atoms with Crippen molar-refractivity contribution in [3.63, 3.8) is 0 Å². The number of ether oxygens (including phenoxy) is 2. The second kappa shape index (κ2) is 10.8. The maximum Gasteiger partial charge on any atom is 0.255 e. The van der Waals surface area contributed by atoms with Crippen molar-refractivity contribution in [3.8, 4) is 11.5 Å². The summed E-state index contributed by atoms with van der Waals surface area (Å²) >= 11 is 0. The van der Waals surface area contributed by atoms with Gasteiger partial charge >= 0.3 is 0 Å². The van der Waals surface area contributed by atoms with E-state index in [1.165, 1.54) is 19.2 Å². The number of rotatable bonds is 9. The number of hydrogen-bond donors (Lipinski definition) is 2. The van der Waals surface area contributed by atoms with Crippen molar-refractivity contribution in [3.05, 3.63) is 89.7 Å². The monoisotopic (exact) mass is 422 g/mol. The van der Waals surface area contributed by atoms with Crippen LogP contribution in [0.1, 0.15) is 22.3 Å². The molecular formula is C24H23FN2O4. The second-order valence-electron chi connectivity index (χ2n) is 6.70. The Balaban J connectivity index is 1.47. The fraction of sp³-hybridized carbons (Fsp3) is 0.167. The smallest absolute Gasteiger partial charge is 0.255 e. The molecule has 3 aromatic carbocycles. The summed E-state index contributed by atoms with van der Waals surface area (Å²) in [6, 6.07) is 20.0. The van der Waals surface area contributed by atoms with Crippen LogP contribution >= 0.6 is 0 Å². The van der Waals surface area contributed by atoms with E-state index in [2.05, 4.69) is 10.6 Å². The molecule has 0 aliphatic carbocycles. The maximum absolute atomic E-state index is 13.2. The van der Waals surface area contributed by atoms with Crippen molar-refractivity contribution < 1.29 is 23.5 Å². The molecule has 0 atom stereocenters. The van der Waals surface area contributed by atoms with Crippen LogP contribution < -0.4 is 20.1 Å². The third-order valence-electron chi connectivity index (χ3n) is 4.40. The molecule has 31 heavy (non-hydrogen) atoms. The average Bonchev–Trinajstić information content (AvgIpc) is 2.78. The van der Waals surface area contributed by atoms with Gasteiger partial charge in [0.2, 0.25) is 5.91 Å². The van der Waals surface area contributed by atoms with Crippen molar-refractivity contribution in [1.82, 2.24) is 5.32 Å². The molecule has 0 heterocycles. The van der Waals surface area contributed by atoms with Crippen molar-refractivity contribution in [2.75, 3.05) is 19.0 Å². The highest BCUT2D eigenvalue weighted by atomic mass is 19.1. The second-order valence-corrected chi connectivity index (χ2v) is 6.70. The number of carbonyl (C=O) groups excluding carboxylic acids is 2. The number of anilines is 1. The first-order valence-electron chi connectivity index (χ1n) is 9.73. The van der Waals surface area contributed by atoms with Gasteiger partial charge < -0.3 is 20.1 Å². The van der Waals surface area contributed by atoms with Gasteiger partial charge in [-0.15, -0.1) is 0 Å². The summed E-state index contributed by atoms with van der Waals surface area (Å²) in [6.45, 7) is 0.424. The minimum atomic E-state index is -0.365. The first-order valence-corrected chi connectivity index (χ1v) is 9.73. The number of hydrogen-bond acceptors (Lipinski definition) is 4. The van der Waals surface area contributed by atoms with Crippen molar-refractivity contribution in [2.45, 2.75) is 13.0 Å². The minimum Gasteiger partial charge on any atom is -0.496 e. The first kappa shape index (κ1) is 21.8. The Morgan fingerprint density at radius 1 is 0.968 bits per heavy atom. The minimum absolute atomic E-state index is 0.116. The lowest BCUT2D eigenvalue weighted by Crippen LogP contribution is -2.28. The number of halogens is 1. The molecule has 0 radical (unpaired) electrons. The lowest BCUT2D eigenvalue weighted by atomic mass is 10.2. The first-order chi connectivity index (χ1) is 15.0. The van der Waals surface area contributed by atoms with Crippen LogP contribution in [0, 0.1) is 5.82 Å². The average molecular weight is 422 g/mol. The summed E-state index contributed by atoms with van der Waals surface area (Å²) in [5.41, 5.74) is 1.85. The Bertz CT molecular complexity index is 1060. The molecule has 7 heteroatoms. The van der Waals surface area contributed by atoms with Gasteiger partial charge in [-0.3, -0.25) is 9.59 Å². The van der Waals surface area contributed by atoms with Crippen LogP contribution in [0.3, 0.4) is 0 Å². The fourth-order valence-electron chi connectivity index (χ4n) is 2.90. The van der Waals surface area contributed by atoms with Gasteiger partial charge in [0.15, 0.2) is 0 Å². The molecule has 0 fully saturated rings. The van der Waals surface area contributed by atoms with Gasteiger partial charge in [-0.2, -0.15) is 0 Å². The summed E-state index contributed by atoms with van der Waals surface area (Å²) in [5.74, 6) is 0.00328. The molecule has 0 saturated heterocycles. The normalized spacial score (nSPS) is 10.3. The fourth-order valence-corrected chi connectivity index (χ4v) is 2.90. The Kier molecular flexibility index (Phi) is 7.59. The van der Waals surface area contributed by atoms with E-state index in [0.717, 1.165) is 5.56 Å². The van der Waals surface area contributed by atoms with E-state index >= 15 is 0 Å². The lowest BCUT2D eigenvalue weighted by molar-refractivity contribution is -0.116. The molecule has 0 aliphatic heterocycles. The van der Waals surface area contributed by atoms with Crippen LogP contribution in [0.4, 0.5) is 10.1 Å². The van der Waals surface area contributed by atoms with Crippen LogP contribution in [0.5, 0.6) is 11.5 Å². The number of methoxy groups -OCH3 is 1. The van der Waals surface area contributed by atoms with Crippen LogP contribution in [0.15, 0.2) is 72.8 Å². The van der Waals surface area contributed by atoms with Crippen molar-refractivity contribution >= 4 is 17.5 Å². The zero-order valence-corrected chi connectivity index (χ0v) is 17.1. The van der Waals surface area contributed by atoms with Gasteiger partial charge in [0.1, 0.15) is 23.9 Å². The lowest BCUT2D eigenvalue weighted by Gasteiger charge is -2.10. The van der Waals surface area contributed by atoms with Crippen LogP contribution in [0.25, 0.3) is 0 Å². The highest BCUT2D eigenvalue weighted by Gasteiger charge is 2.11. The van der Waals surface area contributed by atoms with E-state index in [4.69, 9.17) is 9.47 Å². The summed E-state index contributed by atoms with van der Waals surface area (Å²) in [5, 5.41) is 5.51. The van der Waals surface area contributed by atoms with E-state index in [9.17, 15) is 14.0 Å². The standard InChI is InChI=1S/C24H23FN2O4/c1-30-22-11-3-2-10-21(22)24(29)26-13-12-23(28)27-19-8-4-6-17(14-19)16-31-20-9-5-7-18(25)15-20/h2-11,14-15H,12-13,16H2,1H3,(H,26,29)(H,27,28). The molecule has 0 aromatic heterocycles. The molecular weight excluding hydrogens is 399 g/mol. The molecule has 0 spiro atoms. The number of nitrogens with one attached hydrogen (secondary N) is 2. The third-order valence-corrected chi connectivity index (χ3v) is 4.40. The van der Waals surface area contributed by atoms with Crippen LogP contribution in [0.2, 0.25) is 0 Å². The molecule has 3 aromatic rings. The predicted molar refractivity (Wildman–Crippen MR) is 116 cm³/mol. The number of benzene rings is 3. The molecule has 3 rings (SSSR count). The zero-order valence-electron chi connectivity index (χ0n) is 17.1. The largest absolute Gasteiger partial charge is 0.496 e. The van der Waals surface area contributed by atoms with E-state index < -0.39 is 0 Å².